The van der Waals surface area contributed by atoms with Gasteiger partial charge in [0, 0.05) is 4.88 Å². The second kappa shape index (κ2) is 2.73. The van der Waals surface area contributed by atoms with E-state index in [1.54, 1.807) is 11.3 Å². The van der Waals surface area contributed by atoms with Gasteiger partial charge in [-0.25, -0.2) is 0 Å². The Kier molecular flexibility index (Phi) is 2.16. The second-order valence-corrected chi connectivity index (χ2v) is 3.42. The van der Waals surface area contributed by atoms with E-state index >= 15 is 0 Å². The van der Waals surface area contributed by atoms with E-state index < -0.39 is 0 Å². The van der Waals surface area contributed by atoms with Crippen molar-refractivity contribution in [2.45, 2.75) is 12.3 Å². The van der Waals surface area contributed by atoms with Crippen molar-refractivity contribution in [3.63, 3.8) is 0 Å². The fourth-order valence-electron chi connectivity index (χ4n) is 0.687. The molecule has 0 aromatic carbocycles. The number of nitrogens with two attached hydrogens (primary N) is 1. The van der Waals surface area contributed by atoms with Crippen molar-refractivity contribution in [2.75, 3.05) is 0 Å². The summed E-state index contributed by atoms with van der Waals surface area (Å²) in [4.78, 5) is 1.17. The topological polar surface area (TPSA) is 26.0 Å². The van der Waals surface area contributed by atoms with Crippen LogP contribution in [0.1, 0.15) is 15.8 Å². The lowest BCUT2D eigenvalue weighted by Gasteiger charge is -2.00. The molecule has 1 rings (SSSR count). The zero-order valence-corrected chi connectivity index (χ0v) is 6.88. The van der Waals surface area contributed by atoms with Crippen LogP contribution < -0.4 is 5.73 Å². The number of hydrogen-bond acceptors (Lipinski definition) is 3. The Morgan fingerprint density at radius 1 is 1.78 bits per heavy atom. The second-order valence-electron chi connectivity index (χ2n) is 1.91. The molecule has 3 heteroatoms. The molecule has 1 atom stereocenters. The van der Waals surface area contributed by atoms with Gasteiger partial charge < -0.3 is 5.73 Å². The van der Waals surface area contributed by atoms with Crippen LogP contribution in [0.5, 0.6) is 0 Å². The third-order valence-electron chi connectivity index (χ3n) is 1.17. The summed E-state index contributed by atoms with van der Waals surface area (Å²) < 4.78 is 0. The number of aryl methyl sites for hydroxylation is 1. The first kappa shape index (κ1) is 7.12. The van der Waals surface area contributed by atoms with E-state index in [0.29, 0.717) is 0 Å². The summed E-state index contributed by atoms with van der Waals surface area (Å²) in [6.07, 6.45) is 0. The monoisotopic (exact) mass is 159 g/mol. The zero-order valence-electron chi connectivity index (χ0n) is 5.16. The number of rotatable bonds is 1. The molecule has 0 radical (unpaired) electrons. The molecule has 1 heterocycles. The highest BCUT2D eigenvalue weighted by Crippen LogP contribution is 2.23. The molecule has 0 spiro atoms. The molecular weight excluding hydrogens is 150 g/mol. The van der Waals surface area contributed by atoms with Crippen LogP contribution in [0.3, 0.4) is 0 Å². The molecule has 2 N–H and O–H groups in total. The van der Waals surface area contributed by atoms with Gasteiger partial charge in [-0.15, -0.1) is 11.3 Å². The highest BCUT2D eigenvalue weighted by molar-refractivity contribution is 7.80. The van der Waals surface area contributed by atoms with Crippen LogP contribution in [0.15, 0.2) is 11.4 Å². The maximum absolute atomic E-state index is 5.53. The van der Waals surface area contributed by atoms with E-state index in [1.807, 2.05) is 12.3 Å². The van der Waals surface area contributed by atoms with E-state index in [2.05, 4.69) is 18.7 Å². The van der Waals surface area contributed by atoms with Gasteiger partial charge in [0.15, 0.2) is 0 Å². The van der Waals surface area contributed by atoms with Gasteiger partial charge in [0.25, 0.3) is 0 Å². The molecule has 0 aliphatic carbocycles. The quantitative estimate of drug-likeness (QED) is 0.475. The van der Waals surface area contributed by atoms with Gasteiger partial charge in [0.1, 0.15) is 0 Å². The van der Waals surface area contributed by atoms with Crippen LogP contribution in [-0.4, -0.2) is 0 Å². The fourth-order valence-corrected chi connectivity index (χ4v) is 1.89. The van der Waals surface area contributed by atoms with Crippen molar-refractivity contribution < 1.29 is 0 Å². The van der Waals surface area contributed by atoms with Crippen molar-refractivity contribution in [1.29, 1.82) is 0 Å². The maximum Gasteiger partial charge on any atom is 0.0831 e. The minimum absolute atomic E-state index is 0.106. The molecule has 0 amide bonds. The molecule has 0 aliphatic heterocycles. The van der Waals surface area contributed by atoms with Crippen molar-refractivity contribution in [2.24, 2.45) is 5.73 Å². The molecule has 1 aromatic heterocycles. The summed E-state index contributed by atoms with van der Waals surface area (Å²) in [6.45, 7) is 2.04. The first-order chi connectivity index (χ1) is 4.22. The molecule has 0 saturated carbocycles. The van der Waals surface area contributed by atoms with Crippen molar-refractivity contribution in [1.82, 2.24) is 0 Å². The van der Waals surface area contributed by atoms with Crippen LogP contribution in [0, 0.1) is 6.92 Å². The summed E-state index contributed by atoms with van der Waals surface area (Å²) >= 11 is 5.77. The lowest BCUT2D eigenvalue weighted by atomic mass is 10.3. The average molecular weight is 159 g/mol. The highest BCUT2D eigenvalue weighted by Gasteiger charge is 2.03. The van der Waals surface area contributed by atoms with Gasteiger partial charge in [-0.05, 0) is 23.9 Å². The van der Waals surface area contributed by atoms with Gasteiger partial charge in [0.05, 0.1) is 5.37 Å². The third-order valence-corrected chi connectivity index (χ3v) is 2.71. The molecule has 1 aromatic rings. The van der Waals surface area contributed by atoms with Crippen LogP contribution in [0.4, 0.5) is 0 Å². The summed E-state index contributed by atoms with van der Waals surface area (Å²) in [5.41, 5.74) is 6.77. The van der Waals surface area contributed by atoms with Crippen molar-refractivity contribution in [3.05, 3.63) is 21.9 Å². The summed E-state index contributed by atoms with van der Waals surface area (Å²) in [5, 5.41) is 1.92. The Bertz CT molecular complexity index is 193. The normalized spacial score (nSPS) is 13.7. The van der Waals surface area contributed by atoms with E-state index in [4.69, 9.17) is 5.73 Å². The van der Waals surface area contributed by atoms with Gasteiger partial charge in [-0.1, -0.05) is 0 Å². The molecule has 1 unspecified atom stereocenters. The smallest absolute Gasteiger partial charge is 0.0831 e. The molecule has 0 bridgehead atoms. The van der Waals surface area contributed by atoms with Crippen molar-refractivity contribution >= 4 is 24.0 Å². The van der Waals surface area contributed by atoms with Gasteiger partial charge in [0.2, 0.25) is 0 Å². The average Bonchev–Trinajstić information content (AvgIpc) is 2.13. The Labute approximate surface area is 64.3 Å². The maximum atomic E-state index is 5.53. The van der Waals surface area contributed by atoms with Gasteiger partial charge >= 0.3 is 0 Å². The largest absolute Gasteiger partial charge is 0.315 e. The summed E-state index contributed by atoms with van der Waals surface area (Å²) in [7, 11) is 0. The Morgan fingerprint density at radius 3 is 2.67 bits per heavy atom. The molecule has 50 valence electrons. The minimum atomic E-state index is -0.106. The zero-order chi connectivity index (χ0) is 6.85. The lowest BCUT2D eigenvalue weighted by molar-refractivity contribution is 1.06. The van der Waals surface area contributed by atoms with Crippen LogP contribution in [0.2, 0.25) is 0 Å². The van der Waals surface area contributed by atoms with E-state index in [0.717, 1.165) is 0 Å². The van der Waals surface area contributed by atoms with Gasteiger partial charge in [-0.2, -0.15) is 12.6 Å². The molecule has 1 nitrogen and oxygen atoms in total. The Morgan fingerprint density at radius 2 is 2.44 bits per heavy atom. The summed E-state index contributed by atoms with van der Waals surface area (Å²) in [6, 6.07) is 2.05. The Balaban J connectivity index is 2.94. The van der Waals surface area contributed by atoms with Crippen LogP contribution in [-0.2, 0) is 0 Å². The summed E-state index contributed by atoms with van der Waals surface area (Å²) in [5.74, 6) is 0. The number of thiol groups is 1. The predicted octanol–water partition coefficient (Wildman–Crippen LogP) is 1.94. The molecule has 0 saturated heterocycles. The number of hydrogen-bond donors (Lipinski definition) is 2. The molecular formula is C6H9NS2. The fraction of sp³-hybridized carbons (Fsp3) is 0.333. The first-order valence-corrected chi connectivity index (χ1v) is 4.09. The first-order valence-electron chi connectivity index (χ1n) is 2.69. The van der Waals surface area contributed by atoms with E-state index in [9.17, 15) is 0 Å². The van der Waals surface area contributed by atoms with Crippen LogP contribution in [0.25, 0.3) is 0 Å². The SMILES string of the molecule is Cc1ccsc1C(N)S. The standard InChI is InChI=1S/C6H9NS2/c1-4-2-3-9-5(4)6(7)8/h2-3,6,8H,7H2,1H3. The van der Waals surface area contributed by atoms with E-state index in [1.165, 1.54) is 10.4 Å². The molecule has 0 aliphatic rings. The molecule has 9 heavy (non-hydrogen) atoms. The van der Waals surface area contributed by atoms with E-state index in [-0.39, 0.29) is 5.37 Å². The van der Waals surface area contributed by atoms with Crippen LogP contribution >= 0.6 is 24.0 Å². The Hall–Kier alpha value is 0.01000. The predicted molar refractivity (Wildman–Crippen MR) is 45.0 cm³/mol. The van der Waals surface area contributed by atoms with Crippen molar-refractivity contribution in [3.8, 4) is 0 Å². The lowest BCUT2D eigenvalue weighted by Crippen LogP contribution is -2.00. The third kappa shape index (κ3) is 1.47. The minimum Gasteiger partial charge on any atom is -0.315 e. The number of thiophene rings is 1. The van der Waals surface area contributed by atoms with Gasteiger partial charge in [-0.3, -0.25) is 0 Å². The molecule has 0 fully saturated rings. The highest BCUT2D eigenvalue weighted by atomic mass is 32.1.